The Bertz CT molecular complexity index is 722. The van der Waals surface area contributed by atoms with Gasteiger partial charge in [0.15, 0.2) is 0 Å². The van der Waals surface area contributed by atoms with Crippen LogP contribution in [0.1, 0.15) is 63.5 Å². The molecule has 164 valence electrons. The van der Waals surface area contributed by atoms with Crippen LogP contribution in [0.3, 0.4) is 0 Å². The Morgan fingerprint density at radius 1 is 1.10 bits per heavy atom. The first-order chi connectivity index (χ1) is 14.5. The Morgan fingerprint density at radius 2 is 1.90 bits per heavy atom. The quantitative estimate of drug-likeness (QED) is 0.670. The van der Waals surface area contributed by atoms with Gasteiger partial charge in [0.05, 0.1) is 0 Å². The average Bonchev–Trinajstić information content (AvgIpc) is 2.76. The van der Waals surface area contributed by atoms with Crippen LogP contribution in [0.25, 0.3) is 0 Å². The zero-order valence-corrected chi connectivity index (χ0v) is 17.7. The number of piperidine rings is 1. The second kappa shape index (κ2) is 11.1. The molecule has 0 radical (unpaired) electrons. The molecule has 2 heterocycles. The molecule has 2 aliphatic rings. The van der Waals surface area contributed by atoms with E-state index in [0.29, 0.717) is 37.8 Å². The molecule has 1 aromatic rings. The van der Waals surface area contributed by atoms with E-state index >= 15 is 0 Å². The first-order valence-electron chi connectivity index (χ1n) is 11.2. The number of fused-ring (bicyclic) bond motifs is 1. The number of amides is 2. The monoisotopic (exact) mass is 415 g/mol. The zero-order chi connectivity index (χ0) is 21.3. The predicted molar refractivity (Wildman–Crippen MR) is 113 cm³/mol. The van der Waals surface area contributed by atoms with E-state index in [1.807, 2.05) is 18.2 Å². The topological polar surface area (TPSA) is 90.8 Å². The molecule has 2 fully saturated rings. The summed E-state index contributed by atoms with van der Waals surface area (Å²) in [5, 5.41) is 9.15. The average molecular weight is 416 g/mol. The molecule has 2 amide bonds. The minimum Gasteiger partial charge on any atom is -0.480 e. The van der Waals surface area contributed by atoms with E-state index in [0.717, 1.165) is 25.1 Å². The summed E-state index contributed by atoms with van der Waals surface area (Å²) in [5.74, 6) is -0.444. The van der Waals surface area contributed by atoms with Gasteiger partial charge in [-0.2, -0.15) is 0 Å². The molecule has 1 saturated heterocycles. The number of carbonyl (C=O) groups is 3. The van der Waals surface area contributed by atoms with Gasteiger partial charge in [-0.25, -0.2) is 0 Å². The summed E-state index contributed by atoms with van der Waals surface area (Å²) in [7, 11) is 0. The third kappa shape index (κ3) is 6.28. The lowest BCUT2D eigenvalue weighted by atomic mass is 9.78. The maximum absolute atomic E-state index is 12.8. The molecule has 1 N–H and O–H groups in total. The van der Waals surface area contributed by atoms with Crippen molar-refractivity contribution in [3.63, 3.8) is 0 Å². The van der Waals surface area contributed by atoms with E-state index in [-0.39, 0.29) is 24.8 Å². The Balaban J connectivity index is 1.46. The fraction of sp³-hybridized carbons (Fsp3) is 0.652. The van der Waals surface area contributed by atoms with Gasteiger partial charge in [0.25, 0.3) is 0 Å². The second-order valence-electron chi connectivity index (χ2n) is 8.47. The highest BCUT2D eigenvalue weighted by molar-refractivity contribution is 5.82. The summed E-state index contributed by atoms with van der Waals surface area (Å²) in [5.41, 5.74) is 0.822. The van der Waals surface area contributed by atoms with Crippen molar-refractivity contribution >= 4 is 17.8 Å². The van der Waals surface area contributed by atoms with Gasteiger partial charge in [-0.15, -0.1) is 0 Å². The fourth-order valence-corrected chi connectivity index (χ4v) is 4.88. The number of aromatic nitrogens is 1. The van der Waals surface area contributed by atoms with Crippen LogP contribution in [0.5, 0.6) is 0 Å². The SMILES string of the molecule is O=C(O)CN(CCc1ccccn1)C(=O)CCCC(=O)N1CCCC2CCCCC21. The number of hydrogen-bond acceptors (Lipinski definition) is 4. The Labute approximate surface area is 178 Å². The van der Waals surface area contributed by atoms with Crippen molar-refractivity contribution in [2.24, 2.45) is 5.92 Å². The molecule has 0 aromatic carbocycles. The highest BCUT2D eigenvalue weighted by atomic mass is 16.4. The van der Waals surface area contributed by atoms with Gasteiger partial charge in [-0.3, -0.25) is 19.4 Å². The lowest BCUT2D eigenvalue weighted by molar-refractivity contribution is -0.144. The highest BCUT2D eigenvalue weighted by Crippen LogP contribution is 2.35. The number of rotatable bonds is 9. The lowest BCUT2D eigenvalue weighted by Gasteiger charge is -2.44. The van der Waals surface area contributed by atoms with E-state index in [1.165, 1.54) is 30.6 Å². The summed E-state index contributed by atoms with van der Waals surface area (Å²) in [6.45, 7) is 0.824. The van der Waals surface area contributed by atoms with Gasteiger partial charge >= 0.3 is 5.97 Å². The van der Waals surface area contributed by atoms with Gasteiger partial charge in [-0.1, -0.05) is 18.9 Å². The second-order valence-corrected chi connectivity index (χ2v) is 8.47. The van der Waals surface area contributed by atoms with E-state index in [9.17, 15) is 14.4 Å². The molecule has 2 unspecified atom stereocenters. The predicted octanol–water partition coefficient (Wildman–Crippen LogP) is 2.89. The summed E-state index contributed by atoms with van der Waals surface area (Å²) in [6, 6.07) is 5.93. The maximum Gasteiger partial charge on any atom is 0.323 e. The first-order valence-corrected chi connectivity index (χ1v) is 11.2. The van der Waals surface area contributed by atoms with Crippen molar-refractivity contribution in [1.82, 2.24) is 14.8 Å². The van der Waals surface area contributed by atoms with Crippen LogP contribution in [0.2, 0.25) is 0 Å². The Morgan fingerprint density at radius 3 is 2.67 bits per heavy atom. The van der Waals surface area contributed by atoms with Crippen molar-refractivity contribution < 1.29 is 19.5 Å². The Hall–Kier alpha value is -2.44. The van der Waals surface area contributed by atoms with E-state index in [2.05, 4.69) is 9.88 Å². The molecule has 7 nitrogen and oxygen atoms in total. The standard InChI is InChI=1S/C23H33N3O4/c27-21(25(17-23(29)30)16-13-19-9-3-4-14-24-19)11-5-12-22(28)26-15-6-8-18-7-1-2-10-20(18)26/h3-4,9,14,18,20H,1-2,5-8,10-13,15-17H2,(H,29,30). The molecule has 0 bridgehead atoms. The highest BCUT2D eigenvalue weighted by Gasteiger charge is 2.35. The van der Waals surface area contributed by atoms with Crippen LogP contribution in [-0.4, -0.2) is 63.4 Å². The number of nitrogens with zero attached hydrogens (tertiary/aromatic N) is 3. The van der Waals surface area contributed by atoms with Crippen molar-refractivity contribution in [3.05, 3.63) is 30.1 Å². The summed E-state index contributed by atoms with van der Waals surface area (Å²) < 4.78 is 0. The molecule has 1 saturated carbocycles. The molecule has 1 aromatic heterocycles. The molecular formula is C23H33N3O4. The third-order valence-electron chi connectivity index (χ3n) is 6.39. The van der Waals surface area contributed by atoms with E-state index < -0.39 is 5.97 Å². The fourth-order valence-electron chi connectivity index (χ4n) is 4.88. The number of hydrogen-bond donors (Lipinski definition) is 1. The van der Waals surface area contributed by atoms with Crippen LogP contribution in [-0.2, 0) is 20.8 Å². The normalized spacial score (nSPS) is 21.0. The number of carboxylic acids is 1. The number of carboxylic acid groups (broad SMARTS) is 1. The van der Waals surface area contributed by atoms with Gasteiger partial charge in [-0.05, 0) is 50.2 Å². The third-order valence-corrected chi connectivity index (χ3v) is 6.39. The van der Waals surface area contributed by atoms with Crippen LogP contribution in [0, 0.1) is 5.92 Å². The maximum atomic E-state index is 12.8. The summed E-state index contributed by atoms with van der Waals surface area (Å²) >= 11 is 0. The number of carbonyl (C=O) groups excluding carboxylic acids is 2. The van der Waals surface area contributed by atoms with Crippen molar-refractivity contribution in [1.29, 1.82) is 0 Å². The van der Waals surface area contributed by atoms with Gasteiger partial charge in [0.2, 0.25) is 11.8 Å². The molecule has 2 atom stereocenters. The van der Waals surface area contributed by atoms with Crippen LogP contribution < -0.4 is 0 Å². The number of pyridine rings is 1. The van der Waals surface area contributed by atoms with E-state index in [4.69, 9.17) is 5.11 Å². The van der Waals surface area contributed by atoms with Crippen molar-refractivity contribution in [2.75, 3.05) is 19.6 Å². The van der Waals surface area contributed by atoms with Crippen molar-refractivity contribution in [2.45, 2.75) is 70.3 Å². The molecule has 0 spiro atoms. The van der Waals surface area contributed by atoms with Crippen LogP contribution in [0.15, 0.2) is 24.4 Å². The van der Waals surface area contributed by atoms with Crippen LogP contribution >= 0.6 is 0 Å². The number of aliphatic carboxylic acids is 1. The summed E-state index contributed by atoms with van der Waals surface area (Å²) in [6.07, 6.45) is 10.3. The zero-order valence-electron chi connectivity index (χ0n) is 17.7. The Kier molecular flexibility index (Phi) is 8.22. The van der Waals surface area contributed by atoms with Gasteiger partial charge < -0.3 is 14.9 Å². The van der Waals surface area contributed by atoms with Crippen LogP contribution in [0.4, 0.5) is 0 Å². The molecule has 1 aliphatic carbocycles. The van der Waals surface area contributed by atoms with Gasteiger partial charge in [0, 0.05) is 50.3 Å². The lowest BCUT2D eigenvalue weighted by Crippen LogP contribution is -2.49. The molecule has 7 heteroatoms. The molecule has 1 aliphatic heterocycles. The minimum atomic E-state index is -1.03. The molecule has 30 heavy (non-hydrogen) atoms. The largest absolute Gasteiger partial charge is 0.480 e. The summed E-state index contributed by atoms with van der Waals surface area (Å²) in [4.78, 5) is 44.2. The first kappa shape index (κ1) is 22.2. The van der Waals surface area contributed by atoms with E-state index in [1.54, 1.807) is 6.20 Å². The minimum absolute atomic E-state index is 0.151. The molecule has 3 rings (SSSR count). The van der Waals surface area contributed by atoms with Crippen molar-refractivity contribution in [3.8, 4) is 0 Å². The molecular weight excluding hydrogens is 382 g/mol. The number of likely N-dealkylation sites (tertiary alicyclic amines) is 1. The smallest absolute Gasteiger partial charge is 0.323 e. The van der Waals surface area contributed by atoms with Gasteiger partial charge in [0.1, 0.15) is 6.54 Å².